The first kappa shape index (κ1) is 11.7. The molecule has 1 aromatic heterocycles. The molecule has 1 aliphatic rings. The summed E-state index contributed by atoms with van der Waals surface area (Å²) in [6, 6.07) is 6.22. The lowest BCUT2D eigenvalue weighted by molar-refractivity contribution is 0.0562. The molecule has 3 nitrogen and oxygen atoms in total. The summed E-state index contributed by atoms with van der Waals surface area (Å²) in [5.74, 6) is 0.862. The summed E-state index contributed by atoms with van der Waals surface area (Å²) in [6.45, 7) is 1.51. The van der Waals surface area contributed by atoms with Gasteiger partial charge in [0.25, 0.3) is 0 Å². The van der Waals surface area contributed by atoms with Crippen LogP contribution < -0.4 is 5.73 Å². The van der Waals surface area contributed by atoms with Gasteiger partial charge >= 0.3 is 0 Å². The van der Waals surface area contributed by atoms with Crippen molar-refractivity contribution in [1.29, 1.82) is 0 Å². The van der Waals surface area contributed by atoms with Crippen LogP contribution in [0.1, 0.15) is 24.6 Å². The fourth-order valence-electron chi connectivity index (χ4n) is 2.51. The minimum Gasteiger partial charge on any atom is -0.459 e. The summed E-state index contributed by atoms with van der Waals surface area (Å²) in [5.41, 5.74) is 6.92. The lowest BCUT2D eigenvalue weighted by Gasteiger charge is -2.26. The molecule has 96 valence electrons. The van der Waals surface area contributed by atoms with Crippen LogP contribution in [0.15, 0.2) is 28.7 Å². The molecule has 18 heavy (non-hydrogen) atoms. The smallest absolute Gasteiger partial charge is 0.134 e. The third-order valence-electron chi connectivity index (χ3n) is 3.60. The predicted molar refractivity (Wildman–Crippen MR) is 66.6 cm³/mol. The predicted octanol–water partition coefficient (Wildman–Crippen LogP) is 3.00. The van der Waals surface area contributed by atoms with E-state index in [0.29, 0.717) is 11.5 Å². The molecular formula is C14H16FNO2. The molecule has 2 aromatic rings. The zero-order chi connectivity index (χ0) is 12.5. The SMILES string of the molecule is NC(c1cc2cc(F)ccc2o1)C1CCOCC1. The van der Waals surface area contributed by atoms with Crippen molar-refractivity contribution >= 4 is 11.0 Å². The van der Waals surface area contributed by atoms with E-state index in [4.69, 9.17) is 14.9 Å². The highest BCUT2D eigenvalue weighted by Crippen LogP contribution is 2.31. The van der Waals surface area contributed by atoms with Crippen molar-refractivity contribution in [3.05, 3.63) is 35.8 Å². The Bertz CT molecular complexity index is 546. The molecule has 2 heterocycles. The molecule has 1 saturated heterocycles. The number of benzene rings is 1. The van der Waals surface area contributed by atoms with E-state index in [1.54, 1.807) is 6.07 Å². The van der Waals surface area contributed by atoms with Gasteiger partial charge < -0.3 is 14.9 Å². The Morgan fingerprint density at radius 1 is 1.22 bits per heavy atom. The Kier molecular flexibility index (Phi) is 3.06. The second-order valence-electron chi connectivity index (χ2n) is 4.81. The summed E-state index contributed by atoms with van der Waals surface area (Å²) in [7, 11) is 0. The molecule has 0 amide bonds. The van der Waals surface area contributed by atoms with Crippen LogP contribution in [0.4, 0.5) is 4.39 Å². The van der Waals surface area contributed by atoms with Gasteiger partial charge in [-0.3, -0.25) is 0 Å². The number of furan rings is 1. The van der Waals surface area contributed by atoms with Crippen molar-refractivity contribution in [3.8, 4) is 0 Å². The van der Waals surface area contributed by atoms with Crippen molar-refractivity contribution in [2.45, 2.75) is 18.9 Å². The molecule has 0 saturated carbocycles. The maximum atomic E-state index is 13.1. The lowest BCUT2D eigenvalue weighted by atomic mass is 9.91. The standard InChI is InChI=1S/C14H16FNO2/c15-11-1-2-12-10(7-11)8-13(18-12)14(16)9-3-5-17-6-4-9/h1-2,7-9,14H,3-6,16H2. The van der Waals surface area contributed by atoms with Crippen LogP contribution in [0.2, 0.25) is 0 Å². The van der Waals surface area contributed by atoms with Crippen LogP contribution in [0.25, 0.3) is 11.0 Å². The fraction of sp³-hybridized carbons (Fsp3) is 0.429. The maximum Gasteiger partial charge on any atom is 0.134 e. The van der Waals surface area contributed by atoms with Crippen LogP contribution >= 0.6 is 0 Å². The van der Waals surface area contributed by atoms with Gasteiger partial charge in [0.15, 0.2) is 0 Å². The van der Waals surface area contributed by atoms with E-state index in [9.17, 15) is 4.39 Å². The van der Waals surface area contributed by atoms with E-state index >= 15 is 0 Å². The third kappa shape index (κ3) is 2.13. The number of hydrogen-bond donors (Lipinski definition) is 1. The van der Waals surface area contributed by atoms with Crippen LogP contribution in [0.5, 0.6) is 0 Å². The fourth-order valence-corrected chi connectivity index (χ4v) is 2.51. The van der Waals surface area contributed by atoms with E-state index in [-0.39, 0.29) is 11.9 Å². The van der Waals surface area contributed by atoms with Gasteiger partial charge in [0.1, 0.15) is 17.2 Å². The number of halogens is 1. The zero-order valence-corrected chi connectivity index (χ0v) is 10.1. The van der Waals surface area contributed by atoms with Gasteiger partial charge in [0.2, 0.25) is 0 Å². The Balaban J connectivity index is 1.88. The van der Waals surface area contributed by atoms with E-state index in [0.717, 1.165) is 37.2 Å². The minimum atomic E-state index is -0.255. The van der Waals surface area contributed by atoms with Crippen molar-refractivity contribution < 1.29 is 13.5 Å². The molecule has 0 spiro atoms. The second-order valence-corrected chi connectivity index (χ2v) is 4.81. The van der Waals surface area contributed by atoms with Gasteiger partial charge in [-0.05, 0) is 43.0 Å². The molecule has 0 radical (unpaired) electrons. The molecule has 1 aromatic carbocycles. The quantitative estimate of drug-likeness (QED) is 0.890. The topological polar surface area (TPSA) is 48.4 Å². The Hall–Kier alpha value is -1.39. The largest absolute Gasteiger partial charge is 0.459 e. The Morgan fingerprint density at radius 3 is 2.78 bits per heavy atom. The molecule has 2 N–H and O–H groups in total. The van der Waals surface area contributed by atoms with Crippen LogP contribution in [0.3, 0.4) is 0 Å². The van der Waals surface area contributed by atoms with Crippen molar-refractivity contribution in [3.63, 3.8) is 0 Å². The van der Waals surface area contributed by atoms with Crippen LogP contribution in [0, 0.1) is 11.7 Å². The normalized spacial score (nSPS) is 19.2. The first-order valence-corrected chi connectivity index (χ1v) is 6.26. The summed E-state index contributed by atoms with van der Waals surface area (Å²) in [6.07, 6.45) is 1.90. The van der Waals surface area contributed by atoms with Gasteiger partial charge in [-0.2, -0.15) is 0 Å². The number of rotatable bonds is 2. The van der Waals surface area contributed by atoms with E-state index < -0.39 is 0 Å². The Labute approximate surface area is 105 Å². The summed E-state index contributed by atoms with van der Waals surface area (Å²) >= 11 is 0. The number of ether oxygens (including phenoxy) is 1. The lowest BCUT2D eigenvalue weighted by Crippen LogP contribution is -2.27. The zero-order valence-electron chi connectivity index (χ0n) is 10.1. The minimum absolute atomic E-state index is 0.135. The summed E-state index contributed by atoms with van der Waals surface area (Å²) in [5, 5.41) is 0.771. The summed E-state index contributed by atoms with van der Waals surface area (Å²) < 4.78 is 24.1. The van der Waals surface area contributed by atoms with E-state index in [1.807, 2.05) is 6.07 Å². The molecule has 1 aliphatic heterocycles. The van der Waals surface area contributed by atoms with E-state index in [2.05, 4.69) is 0 Å². The second kappa shape index (κ2) is 4.71. The average molecular weight is 249 g/mol. The first-order chi connectivity index (χ1) is 8.74. The molecule has 1 atom stereocenters. The number of hydrogen-bond acceptors (Lipinski definition) is 3. The molecular weight excluding hydrogens is 233 g/mol. The molecule has 3 rings (SSSR count). The maximum absolute atomic E-state index is 13.1. The van der Waals surface area contributed by atoms with Crippen molar-refractivity contribution in [1.82, 2.24) is 0 Å². The van der Waals surface area contributed by atoms with Crippen LogP contribution in [-0.4, -0.2) is 13.2 Å². The third-order valence-corrected chi connectivity index (χ3v) is 3.60. The monoisotopic (exact) mass is 249 g/mol. The van der Waals surface area contributed by atoms with Crippen molar-refractivity contribution in [2.75, 3.05) is 13.2 Å². The van der Waals surface area contributed by atoms with Gasteiger partial charge in [0.05, 0.1) is 6.04 Å². The number of nitrogens with two attached hydrogens (primary N) is 1. The molecule has 4 heteroatoms. The highest BCUT2D eigenvalue weighted by Gasteiger charge is 2.24. The summed E-state index contributed by atoms with van der Waals surface area (Å²) in [4.78, 5) is 0. The Morgan fingerprint density at radius 2 is 2.00 bits per heavy atom. The van der Waals surface area contributed by atoms with Gasteiger partial charge in [-0.1, -0.05) is 0 Å². The number of fused-ring (bicyclic) bond motifs is 1. The van der Waals surface area contributed by atoms with E-state index in [1.165, 1.54) is 12.1 Å². The first-order valence-electron chi connectivity index (χ1n) is 6.26. The van der Waals surface area contributed by atoms with Gasteiger partial charge in [0, 0.05) is 18.6 Å². The molecule has 1 fully saturated rings. The highest BCUT2D eigenvalue weighted by atomic mass is 19.1. The van der Waals surface area contributed by atoms with Crippen LogP contribution in [-0.2, 0) is 4.74 Å². The highest BCUT2D eigenvalue weighted by molar-refractivity contribution is 5.78. The van der Waals surface area contributed by atoms with Gasteiger partial charge in [-0.25, -0.2) is 4.39 Å². The molecule has 1 unspecified atom stereocenters. The average Bonchev–Trinajstić information content (AvgIpc) is 2.81. The molecule has 0 bridgehead atoms. The van der Waals surface area contributed by atoms with Crippen molar-refractivity contribution in [2.24, 2.45) is 11.7 Å². The molecule has 0 aliphatic carbocycles. The van der Waals surface area contributed by atoms with Gasteiger partial charge in [-0.15, -0.1) is 0 Å².